The fourth-order valence-electron chi connectivity index (χ4n) is 4.74. The Kier molecular flexibility index (Phi) is 8.97. The molecular formula is C27H35F2N3O3. The van der Waals surface area contributed by atoms with Gasteiger partial charge in [-0.05, 0) is 54.0 Å². The first kappa shape index (κ1) is 26.8. The highest BCUT2D eigenvalue weighted by Crippen LogP contribution is 2.34. The van der Waals surface area contributed by atoms with Crippen molar-refractivity contribution in [3.05, 3.63) is 70.8 Å². The second kappa shape index (κ2) is 11.7. The van der Waals surface area contributed by atoms with Gasteiger partial charge in [-0.1, -0.05) is 38.1 Å². The molecule has 2 aromatic rings. The number of hydrogen-bond acceptors (Lipinski definition) is 4. The van der Waals surface area contributed by atoms with E-state index in [1.807, 2.05) is 6.07 Å². The van der Waals surface area contributed by atoms with Gasteiger partial charge in [-0.15, -0.1) is 0 Å². The smallest absolute Gasteiger partial charge is 0.217 e. The molecule has 1 saturated heterocycles. The third-order valence-electron chi connectivity index (χ3n) is 6.79. The number of amides is 2. The maximum atomic E-state index is 13.7. The molecule has 0 aliphatic carbocycles. The Labute approximate surface area is 205 Å². The second-order valence-corrected chi connectivity index (χ2v) is 9.74. The van der Waals surface area contributed by atoms with Crippen LogP contribution in [-0.4, -0.2) is 54.1 Å². The molecule has 1 aliphatic heterocycles. The van der Waals surface area contributed by atoms with Gasteiger partial charge in [0, 0.05) is 38.2 Å². The van der Waals surface area contributed by atoms with Crippen LogP contribution in [0, 0.1) is 11.6 Å². The molecule has 0 spiro atoms. The third kappa shape index (κ3) is 7.08. The lowest BCUT2D eigenvalue weighted by Gasteiger charge is -2.43. The molecule has 8 heteroatoms. The third-order valence-corrected chi connectivity index (χ3v) is 6.79. The fraction of sp³-hybridized carbons (Fsp3) is 0.481. The number of aliphatic hydroxyl groups excluding tert-OH is 1. The Morgan fingerprint density at radius 3 is 2.37 bits per heavy atom. The van der Waals surface area contributed by atoms with E-state index in [1.165, 1.54) is 24.6 Å². The van der Waals surface area contributed by atoms with Gasteiger partial charge in [0.1, 0.15) is 11.6 Å². The molecule has 2 atom stereocenters. The van der Waals surface area contributed by atoms with E-state index in [-0.39, 0.29) is 18.9 Å². The van der Waals surface area contributed by atoms with Crippen LogP contribution < -0.4 is 10.6 Å². The molecule has 1 aliphatic rings. The summed E-state index contributed by atoms with van der Waals surface area (Å²) in [6.45, 7) is 6.91. The molecule has 2 aromatic carbocycles. The van der Waals surface area contributed by atoms with Gasteiger partial charge in [0.25, 0.3) is 0 Å². The molecule has 2 amide bonds. The quantitative estimate of drug-likeness (QED) is 0.450. The zero-order valence-corrected chi connectivity index (χ0v) is 20.6. The SMILES string of the molecule is CC(=O)N[C@@H](Cc1cc(F)cc(F)c1)[C@H](O)CNC1(c2cccc(C(C)C)c2)CCN(C=O)CC1. The predicted molar refractivity (Wildman–Crippen MR) is 131 cm³/mol. The molecule has 6 nitrogen and oxygen atoms in total. The zero-order chi connectivity index (χ0) is 25.6. The summed E-state index contributed by atoms with van der Waals surface area (Å²) < 4.78 is 27.4. The number of carbonyl (C=O) groups is 2. The van der Waals surface area contributed by atoms with Crippen molar-refractivity contribution in [2.45, 2.75) is 63.6 Å². The summed E-state index contributed by atoms with van der Waals surface area (Å²) in [7, 11) is 0. The lowest BCUT2D eigenvalue weighted by Crippen LogP contribution is -2.55. The molecule has 35 heavy (non-hydrogen) atoms. The largest absolute Gasteiger partial charge is 0.390 e. The van der Waals surface area contributed by atoms with Gasteiger partial charge in [0.15, 0.2) is 0 Å². The minimum Gasteiger partial charge on any atom is -0.390 e. The predicted octanol–water partition coefficient (Wildman–Crippen LogP) is 3.23. The summed E-state index contributed by atoms with van der Waals surface area (Å²) in [5.74, 6) is -1.41. The number of likely N-dealkylation sites (tertiary alicyclic amines) is 1. The summed E-state index contributed by atoms with van der Waals surface area (Å²) in [4.78, 5) is 24.9. The van der Waals surface area contributed by atoms with Crippen LogP contribution in [-0.2, 0) is 21.5 Å². The highest BCUT2D eigenvalue weighted by atomic mass is 19.1. The number of rotatable bonds is 10. The maximum absolute atomic E-state index is 13.7. The van der Waals surface area contributed by atoms with Crippen molar-refractivity contribution in [1.82, 2.24) is 15.5 Å². The summed E-state index contributed by atoms with van der Waals surface area (Å²) in [6.07, 6.45) is 1.25. The van der Waals surface area contributed by atoms with E-state index in [4.69, 9.17) is 0 Å². The van der Waals surface area contributed by atoms with Crippen LogP contribution in [0.3, 0.4) is 0 Å². The van der Waals surface area contributed by atoms with Gasteiger partial charge >= 0.3 is 0 Å². The summed E-state index contributed by atoms with van der Waals surface area (Å²) in [5, 5.41) is 17.3. The molecule has 0 radical (unpaired) electrons. The Morgan fingerprint density at radius 1 is 1.14 bits per heavy atom. The Hall–Kier alpha value is -2.84. The first-order valence-corrected chi connectivity index (χ1v) is 12.1. The van der Waals surface area contributed by atoms with Gasteiger partial charge in [-0.2, -0.15) is 0 Å². The van der Waals surface area contributed by atoms with Crippen molar-refractivity contribution >= 4 is 12.3 Å². The minimum atomic E-state index is -1.01. The summed E-state index contributed by atoms with van der Waals surface area (Å²) in [6, 6.07) is 10.8. The number of nitrogens with one attached hydrogen (secondary N) is 2. The molecule has 0 unspecified atom stereocenters. The maximum Gasteiger partial charge on any atom is 0.217 e. The van der Waals surface area contributed by atoms with Crippen molar-refractivity contribution in [1.29, 1.82) is 0 Å². The molecule has 190 valence electrons. The van der Waals surface area contributed by atoms with Gasteiger partial charge in [0.2, 0.25) is 12.3 Å². The number of hydrogen-bond donors (Lipinski definition) is 3. The van der Waals surface area contributed by atoms with Gasteiger partial charge in [-0.25, -0.2) is 8.78 Å². The number of benzene rings is 2. The molecule has 0 bridgehead atoms. The van der Waals surface area contributed by atoms with Crippen LogP contribution in [0.4, 0.5) is 8.78 Å². The first-order chi connectivity index (χ1) is 16.6. The highest BCUT2D eigenvalue weighted by Gasteiger charge is 2.37. The molecule has 1 heterocycles. The van der Waals surface area contributed by atoms with E-state index in [9.17, 15) is 23.5 Å². The van der Waals surface area contributed by atoms with Crippen molar-refractivity contribution in [3.63, 3.8) is 0 Å². The highest BCUT2D eigenvalue weighted by molar-refractivity contribution is 5.73. The summed E-state index contributed by atoms with van der Waals surface area (Å²) >= 11 is 0. The Bertz CT molecular complexity index is 1000. The Morgan fingerprint density at radius 2 is 1.80 bits per heavy atom. The topological polar surface area (TPSA) is 81.7 Å². The lowest BCUT2D eigenvalue weighted by atomic mass is 9.79. The minimum absolute atomic E-state index is 0.0753. The number of aliphatic hydroxyl groups is 1. The van der Waals surface area contributed by atoms with E-state index < -0.39 is 29.3 Å². The molecule has 0 saturated carbocycles. The van der Waals surface area contributed by atoms with Gasteiger partial charge < -0.3 is 20.6 Å². The van der Waals surface area contributed by atoms with Crippen LogP contribution in [0.2, 0.25) is 0 Å². The summed E-state index contributed by atoms with van der Waals surface area (Å²) in [5.41, 5.74) is 2.17. The van der Waals surface area contributed by atoms with Crippen LogP contribution >= 0.6 is 0 Å². The zero-order valence-electron chi connectivity index (χ0n) is 20.6. The average molecular weight is 488 g/mol. The van der Waals surface area contributed by atoms with E-state index >= 15 is 0 Å². The number of piperidine rings is 1. The van der Waals surface area contributed by atoms with Crippen molar-refractivity contribution in [2.75, 3.05) is 19.6 Å². The molecular weight excluding hydrogens is 452 g/mol. The van der Waals surface area contributed by atoms with Crippen LogP contribution in [0.1, 0.15) is 56.2 Å². The number of nitrogens with zero attached hydrogens (tertiary/aromatic N) is 1. The van der Waals surface area contributed by atoms with Crippen molar-refractivity contribution in [3.8, 4) is 0 Å². The van der Waals surface area contributed by atoms with Gasteiger partial charge in [-0.3, -0.25) is 9.59 Å². The van der Waals surface area contributed by atoms with Crippen molar-refractivity contribution < 1.29 is 23.5 Å². The second-order valence-electron chi connectivity index (χ2n) is 9.74. The van der Waals surface area contributed by atoms with Crippen LogP contribution in [0.25, 0.3) is 0 Å². The molecule has 0 aromatic heterocycles. The molecule has 3 rings (SSSR count). The van der Waals surface area contributed by atoms with E-state index in [2.05, 4.69) is 42.7 Å². The number of halogens is 2. The fourth-order valence-corrected chi connectivity index (χ4v) is 4.74. The monoisotopic (exact) mass is 487 g/mol. The average Bonchev–Trinajstić information content (AvgIpc) is 2.81. The van der Waals surface area contributed by atoms with Gasteiger partial charge in [0.05, 0.1) is 12.1 Å². The number of carbonyl (C=O) groups excluding carboxylic acids is 2. The Balaban J connectivity index is 1.81. The van der Waals surface area contributed by atoms with Crippen LogP contribution in [0.15, 0.2) is 42.5 Å². The van der Waals surface area contributed by atoms with Crippen molar-refractivity contribution in [2.24, 2.45) is 0 Å². The first-order valence-electron chi connectivity index (χ1n) is 12.1. The lowest BCUT2D eigenvalue weighted by molar-refractivity contribution is -0.120. The normalized spacial score (nSPS) is 17.2. The standard InChI is InChI=1S/C27H35F2N3O3/c1-18(2)21-5-4-6-22(14-21)27(7-9-32(17-33)10-8-27)30-16-26(35)25(31-19(3)34)13-20-11-23(28)15-24(29)12-20/h4-6,11-12,14-15,17-18,25-26,30,35H,7-10,13,16H2,1-3H3,(H,31,34)/t25-,26+/m0/s1. The van der Waals surface area contributed by atoms with E-state index in [0.717, 1.165) is 18.0 Å². The van der Waals surface area contributed by atoms with Crippen LogP contribution in [0.5, 0.6) is 0 Å². The van der Waals surface area contributed by atoms with E-state index in [1.54, 1.807) is 4.90 Å². The molecule has 3 N–H and O–H groups in total. The van der Waals surface area contributed by atoms with E-state index in [0.29, 0.717) is 37.4 Å². The molecule has 1 fully saturated rings.